The van der Waals surface area contributed by atoms with Crippen LogP contribution < -0.4 is 5.32 Å². The van der Waals surface area contributed by atoms with E-state index in [4.69, 9.17) is 21.4 Å². The molecule has 7 heteroatoms. The number of aliphatic carboxylic acids is 1. The highest BCUT2D eigenvalue weighted by Crippen LogP contribution is 2.21. The number of carbonyl (C=O) groups excluding carboxylic acids is 1. The third-order valence-corrected chi connectivity index (χ3v) is 3.01. The summed E-state index contributed by atoms with van der Waals surface area (Å²) in [7, 11) is 0. The number of carboxylic acid groups (broad SMARTS) is 1. The maximum absolute atomic E-state index is 13.8. The predicted molar refractivity (Wildman–Crippen MR) is 80.5 cm³/mol. The zero-order chi connectivity index (χ0) is 16.9. The summed E-state index contributed by atoms with van der Waals surface area (Å²) in [6.07, 6.45) is -1.17. The molecule has 0 radical (unpaired) electrons. The molecule has 1 aromatic carbocycles. The summed E-state index contributed by atoms with van der Waals surface area (Å²) in [5.41, 5.74) is -0.556. The smallest absolute Gasteiger partial charge is 0.407 e. The Morgan fingerprint density at radius 2 is 2.05 bits per heavy atom. The average Bonchev–Trinajstić information content (AvgIpc) is 2.30. The Kier molecular flexibility index (Phi) is 6.17. The van der Waals surface area contributed by atoms with E-state index >= 15 is 0 Å². The minimum Gasteiger partial charge on any atom is -0.481 e. The van der Waals surface area contributed by atoms with Crippen LogP contribution in [0.1, 0.15) is 32.8 Å². The highest BCUT2D eigenvalue weighted by Gasteiger charge is 2.23. The lowest BCUT2D eigenvalue weighted by Gasteiger charge is -2.23. The summed E-state index contributed by atoms with van der Waals surface area (Å²) >= 11 is 5.92. The molecule has 0 spiro atoms. The molecule has 0 bridgehead atoms. The van der Waals surface area contributed by atoms with E-state index in [2.05, 4.69) is 5.32 Å². The fraction of sp³-hybridized carbons (Fsp3) is 0.467. The van der Waals surface area contributed by atoms with Crippen molar-refractivity contribution in [3.63, 3.8) is 0 Å². The van der Waals surface area contributed by atoms with E-state index in [1.165, 1.54) is 18.2 Å². The molecule has 0 aliphatic carbocycles. The third-order valence-electron chi connectivity index (χ3n) is 2.65. The van der Waals surface area contributed by atoms with Crippen LogP contribution in [0.2, 0.25) is 5.02 Å². The first-order chi connectivity index (χ1) is 10.1. The van der Waals surface area contributed by atoms with Crippen molar-refractivity contribution in [3.8, 4) is 0 Å². The van der Waals surface area contributed by atoms with Crippen LogP contribution in [-0.4, -0.2) is 28.8 Å². The van der Waals surface area contributed by atoms with E-state index in [1.807, 2.05) is 0 Å². The summed E-state index contributed by atoms with van der Waals surface area (Å²) in [5, 5.41) is 11.5. The maximum Gasteiger partial charge on any atom is 0.407 e. The Morgan fingerprint density at radius 3 is 2.55 bits per heavy atom. The van der Waals surface area contributed by atoms with Gasteiger partial charge >= 0.3 is 12.1 Å². The number of alkyl carbamates (subject to hydrolysis) is 1. The first kappa shape index (κ1) is 18.2. The Labute approximate surface area is 133 Å². The number of halogens is 2. The summed E-state index contributed by atoms with van der Waals surface area (Å²) in [6.45, 7) is 5.06. The van der Waals surface area contributed by atoms with Crippen molar-refractivity contribution in [2.75, 3.05) is 0 Å². The van der Waals surface area contributed by atoms with Gasteiger partial charge in [0.05, 0.1) is 6.42 Å². The minimum absolute atomic E-state index is 0.0446. The van der Waals surface area contributed by atoms with Gasteiger partial charge in [-0.25, -0.2) is 9.18 Å². The maximum atomic E-state index is 13.8. The Hall–Kier alpha value is -1.82. The Bertz CT molecular complexity index is 537. The van der Waals surface area contributed by atoms with Crippen LogP contribution >= 0.6 is 11.6 Å². The lowest BCUT2D eigenvalue weighted by Crippen LogP contribution is -2.41. The number of carboxylic acids is 1. The first-order valence-electron chi connectivity index (χ1n) is 6.72. The van der Waals surface area contributed by atoms with Gasteiger partial charge in [-0.05, 0) is 39.3 Å². The number of nitrogens with one attached hydrogen (secondary N) is 1. The van der Waals surface area contributed by atoms with Crippen LogP contribution in [0.4, 0.5) is 9.18 Å². The van der Waals surface area contributed by atoms with Gasteiger partial charge in [0, 0.05) is 16.6 Å². The van der Waals surface area contributed by atoms with E-state index < -0.39 is 29.5 Å². The quantitative estimate of drug-likeness (QED) is 0.867. The van der Waals surface area contributed by atoms with E-state index in [1.54, 1.807) is 20.8 Å². The fourth-order valence-electron chi connectivity index (χ4n) is 1.83. The standard InChI is InChI=1S/C15H19ClFNO4/c1-15(2,3)22-14(21)18-9(8-13(19)20)7-10-11(16)5-4-6-12(10)17/h4-6,9H,7-8H2,1-3H3,(H,18,21)(H,19,20). The number of benzene rings is 1. The second kappa shape index (κ2) is 7.45. The molecule has 0 saturated carbocycles. The average molecular weight is 332 g/mol. The summed E-state index contributed by atoms with van der Waals surface area (Å²) in [6, 6.07) is 3.36. The van der Waals surface area contributed by atoms with Gasteiger partial charge in [-0.15, -0.1) is 0 Å². The molecule has 0 saturated heterocycles. The molecule has 1 rings (SSSR count). The molecule has 122 valence electrons. The Balaban J connectivity index is 2.85. The molecule has 0 fully saturated rings. The molecule has 1 aromatic rings. The van der Waals surface area contributed by atoms with Gasteiger partial charge in [0.15, 0.2) is 0 Å². The molecular weight excluding hydrogens is 313 g/mol. The van der Waals surface area contributed by atoms with Crippen LogP contribution in [0.25, 0.3) is 0 Å². The zero-order valence-corrected chi connectivity index (χ0v) is 13.4. The normalized spacial score (nSPS) is 12.6. The van der Waals surface area contributed by atoms with E-state index in [-0.39, 0.29) is 23.4 Å². The lowest BCUT2D eigenvalue weighted by molar-refractivity contribution is -0.137. The third kappa shape index (κ3) is 6.30. The van der Waals surface area contributed by atoms with Crippen molar-refractivity contribution in [3.05, 3.63) is 34.6 Å². The molecule has 22 heavy (non-hydrogen) atoms. The highest BCUT2D eigenvalue weighted by atomic mass is 35.5. The zero-order valence-electron chi connectivity index (χ0n) is 12.7. The Morgan fingerprint density at radius 1 is 1.41 bits per heavy atom. The number of amides is 1. The summed E-state index contributed by atoms with van der Waals surface area (Å²) in [5.74, 6) is -1.66. The molecule has 1 atom stereocenters. The predicted octanol–water partition coefficient (Wildman–Crippen LogP) is 3.39. The van der Waals surface area contributed by atoms with Gasteiger partial charge in [-0.1, -0.05) is 17.7 Å². The van der Waals surface area contributed by atoms with Crippen molar-refractivity contribution in [1.29, 1.82) is 0 Å². The van der Waals surface area contributed by atoms with Crippen LogP contribution in [0.3, 0.4) is 0 Å². The minimum atomic E-state index is -1.12. The second-order valence-corrected chi connectivity index (χ2v) is 6.25. The van der Waals surface area contributed by atoms with Gasteiger partial charge in [-0.2, -0.15) is 0 Å². The second-order valence-electron chi connectivity index (χ2n) is 5.85. The molecule has 0 aliphatic rings. The van der Waals surface area contributed by atoms with E-state index in [0.717, 1.165) is 0 Å². The number of hydrogen-bond donors (Lipinski definition) is 2. The summed E-state index contributed by atoms with van der Waals surface area (Å²) in [4.78, 5) is 22.7. The monoisotopic (exact) mass is 331 g/mol. The van der Waals surface area contributed by atoms with Crippen LogP contribution in [0.5, 0.6) is 0 Å². The summed E-state index contributed by atoms with van der Waals surface area (Å²) < 4.78 is 18.9. The molecule has 0 aromatic heterocycles. The van der Waals surface area contributed by atoms with Crippen molar-refractivity contribution in [2.45, 2.75) is 45.3 Å². The topological polar surface area (TPSA) is 75.6 Å². The number of rotatable bonds is 5. The fourth-order valence-corrected chi connectivity index (χ4v) is 2.07. The van der Waals surface area contributed by atoms with Gasteiger partial charge in [-0.3, -0.25) is 4.79 Å². The number of hydrogen-bond acceptors (Lipinski definition) is 3. The van der Waals surface area contributed by atoms with Crippen molar-refractivity contribution < 1.29 is 23.8 Å². The van der Waals surface area contributed by atoms with Crippen molar-refractivity contribution in [2.24, 2.45) is 0 Å². The number of carbonyl (C=O) groups is 2. The van der Waals surface area contributed by atoms with E-state index in [9.17, 15) is 14.0 Å². The molecule has 1 unspecified atom stereocenters. The van der Waals surface area contributed by atoms with Crippen LogP contribution in [0, 0.1) is 5.82 Å². The SMILES string of the molecule is CC(C)(C)OC(=O)NC(CC(=O)O)Cc1c(F)cccc1Cl. The highest BCUT2D eigenvalue weighted by molar-refractivity contribution is 6.31. The van der Waals surface area contributed by atoms with Gasteiger partial charge in [0.25, 0.3) is 0 Å². The molecule has 5 nitrogen and oxygen atoms in total. The molecule has 0 aliphatic heterocycles. The van der Waals surface area contributed by atoms with Gasteiger partial charge < -0.3 is 15.2 Å². The van der Waals surface area contributed by atoms with Crippen molar-refractivity contribution in [1.82, 2.24) is 5.32 Å². The van der Waals surface area contributed by atoms with Crippen LogP contribution in [0.15, 0.2) is 18.2 Å². The molecular formula is C15H19ClFNO4. The van der Waals surface area contributed by atoms with E-state index in [0.29, 0.717) is 0 Å². The van der Waals surface area contributed by atoms with Crippen molar-refractivity contribution >= 4 is 23.7 Å². The molecule has 1 amide bonds. The lowest BCUT2D eigenvalue weighted by atomic mass is 10.0. The number of ether oxygens (including phenoxy) is 1. The van der Waals surface area contributed by atoms with Crippen LogP contribution in [-0.2, 0) is 16.0 Å². The van der Waals surface area contributed by atoms with Gasteiger partial charge in [0.2, 0.25) is 0 Å². The molecule has 2 N–H and O–H groups in total. The first-order valence-corrected chi connectivity index (χ1v) is 7.10. The largest absolute Gasteiger partial charge is 0.481 e. The van der Waals surface area contributed by atoms with Gasteiger partial charge in [0.1, 0.15) is 11.4 Å². The molecule has 0 heterocycles.